The maximum absolute atomic E-state index is 10.9. The van der Waals surface area contributed by atoms with Crippen LogP contribution >= 0.6 is 0 Å². The van der Waals surface area contributed by atoms with E-state index in [0.29, 0.717) is 6.73 Å². The van der Waals surface area contributed by atoms with Crippen LogP contribution < -0.4 is 15.2 Å². The summed E-state index contributed by atoms with van der Waals surface area (Å²) in [6.07, 6.45) is 0. The summed E-state index contributed by atoms with van der Waals surface area (Å²) in [6, 6.07) is 7.63. The number of methoxy groups -OCH3 is 1. The van der Waals surface area contributed by atoms with Crippen LogP contribution in [0.15, 0.2) is 24.3 Å². The van der Waals surface area contributed by atoms with Gasteiger partial charge in [-0.2, -0.15) is 0 Å². The van der Waals surface area contributed by atoms with Gasteiger partial charge in [0.25, 0.3) is 0 Å². The molecule has 0 spiro atoms. The normalized spacial score (nSPS) is 13.3. The average Bonchev–Trinajstić information content (AvgIpc) is 2.69. The second-order valence-electron chi connectivity index (χ2n) is 3.08. The molecule has 1 aliphatic heterocycles. The van der Waals surface area contributed by atoms with Gasteiger partial charge in [-0.3, -0.25) is 9.80 Å². The molecule has 0 aromatic heterocycles. The van der Waals surface area contributed by atoms with Crippen LogP contribution in [0.5, 0.6) is 5.75 Å². The molecule has 80 valence electrons. The molecule has 0 atom stereocenters. The number of para-hydroxylation sites is 2. The van der Waals surface area contributed by atoms with Gasteiger partial charge in [-0.1, -0.05) is 12.1 Å². The summed E-state index contributed by atoms with van der Waals surface area (Å²) in [4.78, 5) is 10.9. The number of ether oxygens (including phenoxy) is 2. The molecular formula is C10H12N2O3. The fraction of sp³-hybridized carbons (Fsp3) is 0.300. The number of rotatable bonds is 3. The van der Waals surface area contributed by atoms with Crippen molar-refractivity contribution in [3.63, 3.8) is 0 Å². The Hall–Kier alpha value is -1.75. The van der Waals surface area contributed by atoms with Gasteiger partial charge in [-0.25, -0.2) is 5.43 Å². The van der Waals surface area contributed by atoms with E-state index in [0.717, 1.165) is 11.4 Å². The van der Waals surface area contributed by atoms with Gasteiger partial charge in [0.1, 0.15) is 12.3 Å². The van der Waals surface area contributed by atoms with Crippen LogP contribution in [0.3, 0.4) is 0 Å². The van der Waals surface area contributed by atoms with Crippen molar-refractivity contribution in [3.05, 3.63) is 24.3 Å². The Morgan fingerprint density at radius 3 is 3.20 bits per heavy atom. The topological polar surface area (TPSA) is 50.8 Å². The Morgan fingerprint density at radius 1 is 1.60 bits per heavy atom. The zero-order chi connectivity index (χ0) is 10.7. The maximum Gasteiger partial charge on any atom is 0.321 e. The third-order valence-electron chi connectivity index (χ3n) is 2.15. The highest BCUT2D eigenvalue weighted by Crippen LogP contribution is 2.31. The van der Waals surface area contributed by atoms with Gasteiger partial charge in [-0.05, 0) is 12.1 Å². The summed E-state index contributed by atoms with van der Waals surface area (Å²) in [5.41, 5.74) is 3.85. The standard InChI is InChI=1S/C10H12N2O3/c1-14-10(13)6-11-12-7-15-9-5-3-2-4-8(9)12/h2-5,11H,6-7H2,1H3. The molecule has 0 bridgehead atoms. The quantitative estimate of drug-likeness (QED) is 0.734. The minimum absolute atomic E-state index is 0.133. The first kappa shape index (κ1) is 9.79. The zero-order valence-corrected chi connectivity index (χ0v) is 8.40. The molecule has 2 rings (SSSR count). The van der Waals surface area contributed by atoms with Gasteiger partial charge in [0.05, 0.1) is 12.8 Å². The molecule has 1 heterocycles. The number of hydrazine groups is 1. The van der Waals surface area contributed by atoms with E-state index in [1.54, 1.807) is 5.01 Å². The van der Waals surface area contributed by atoms with E-state index in [1.807, 2.05) is 24.3 Å². The van der Waals surface area contributed by atoms with E-state index in [2.05, 4.69) is 10.2 Å². The van der Waals surface area contributed by atoms with E-state index in [-0.39, 0.29) is 12.5 Å². The largest absolute Gasteiger partial charge is 0.470 e. The highest BCUT2D eigenvalue weighted by molar-refractivity contribution is 5.72. The summed E-state index contributed by atoms with van der Waals surface area (Å²) in [5.74, 6) is 0.509. The second-order valence-corrected chi connectivity index (χ2v) is 3.08. The van der Waals surface area contributed by atoms with E-state index < -0.39 is 0 Å². The lowest BCUT2D eigenvalue weighted by molar-refractivity contribution is -0.139. The lowest BCUT2D eigenvalue weighted by Crippen LogP contribution is -2.40. The summed E-state index contributed by atoms with van der Waals surface area (Å²) in [6.45, 7) is 0.532. The van der Waals surface area contributed by atoms with Crippen LogP contribution in [0.1, 0.15) is 0 Å². The van der Waals surface area contributed by atoms with Crippen molar-refractivity contribution < 1.29 is 14.3 Å². The van der Waals surface area contributed by atoms with Gasteiger partial charge >= 0.3 is 5.97 Å². The van der Waals surface area contributed by atoms with Crippen LogP contribution in [0, 0.1) is 0 Å². The molecule has 0 radical (unpaired) electrons. The smallest absolute Gasteiger partial charge is 0.321 e. The Labute approximate surface area is 87.6 Å². The fourth-order valence-electron chi connectivity index (χ4n) is 1.37. The Morgan fingerprint density at radius 2 is 2.40 bits per heavy atom. The number of esters is 1. The van der Waals surface area contributed by atoms with Gasteiger partial charge in [-0.15, -0.1) is 0 Å². The van der Waals surface area contributed by atoms with Crippen molar-refractivity contribution in [3.8, 4) is 5.75 Å². The van der Waals surface area contributed by atoms with Crippen molar-refractivity contribution in [2.75, 3.05) is 25.4 Å². The third kappa shape index (κ3) is 2.02. The van der Waals surface area contributed by atoms with Crippen LogP contribution in [0.25, 0.3) is 0 Å². The summed E-state index contributed by atoms with van der Waals surface area (Å²) in [5, 5.41) is 1.77. The van der Waals surface area contributed by atoms with Gasteiger partial charge < -0.3 is 9.47 Å². The molecule has 0 saturated carbocycles. The fourth-order valence-corrected chi connectivity index (χ4v) is 1.37. The minimum atomic E-state index is -0.306. The zero-order valence-electron chi connectivity index (χ0n) is 8.40. The Balaban J connectivity index is 1.99. The van der Waals surface area contributed by atoms with E-state index in [1.165, 1.54) is 7.11 Å². The highest BCUT2D eigenvalue weighted by atomic mass is 16.5. The SMILES string of the molecule is COC(=O)CNN1COc2ccccc21. The molecule has 1 aliphatic rings. The molecule has 5 heteroatoms. The number of nitrogens with zero attached hydrogens (tertiary/aromatic N) is 1. The summed E-state index contributed by atoms with van der Waals surface area (Å²) >= 11 is 0. The van der Waals surface area contributed by atoms with Crippen molar-refractivity contribution in [1.82, 2.24) is 5.43 Å². The minimum Gasteiger partial charge on any atom is -0.470 e. The van der Waals surface area contributed by atoms with Crippen LogP contribution in [0.2, 0.25) is 0 Å². The molecule has 0 amide bonds. The van der Waals surface area contributed by atoms with E-state index >= 15 is 0 Å². The van der Waals surface area contributed by atoms with Crippen molar-refractivity contribution in [2.45, 2.75) is 0 Å². The molecule has 0 unspecified atom stereocenters. The number of carbonyl (C=O) groups is 1. The monoisotopic (exact) mass is 208 g/mol. The molecule has 0 saturated heterocycles. The number of hydrogen-bond donors (Lipinski definition) is 1. The van der Waals surface area contributed by atoms with Gasteiger partial charge in [0.2, 0.25) is 0 Å². The van der Waals surface area contributed by atoms with Crippen molar-refractivity contribution in [2.24, 2.45) is 0 Å². The molecular weight excluding hydrogens is 196 g/mol. The van der Waals surface area contributed by atoms with Crippen molar-refractivity contribution >= 4 is 11.7 Å². The van der Waals surface area contributed by atoms with Crippen LogP contribution in [-0.2, 0) is 9.53 Å². The second kappa shape index (κ2) is 4.18. The van der Waals surface area contributed by atoms with Crippen LogP contribution in [0.4, 0.5) is 5.69 Å². The Kier molecular flexibility index (Phi) is 2.73. The predicted octanol–water partition coefficient (Wildman–Crippen LogP) is 0.520. The molecule has 5 nitrogen and oxygen atoms in total. The maximum atomic E-state index is 10.9. The molecule has 1 N–H and O–H groups in total. The first-order valence-corrected chi connectivity index (χ1v) is 4.61. The molecule has 15 heavy (non-hydrogen) atoms. The number of anilines is 1. The number of benzene rings is 1. The van der Waals surface area contributed by atoms with Crippen molar-refractivity contribution in [1.29, 1.82) is 0 Å². The first-order valence-electron chi connectivity index (χ1n) is 4.61. The lowest BCUT2D eigenvalue weighted by Gasteiger charge is -2.16. The molecule has 0 aliphatic carbocycles. The first-order chi connectivity index (χ1) is 7.31. The average molecular weight is 208 g/mol. The van der Waals surface area contributed by atoms with E-state index in [4.69, 9.17) is 4.74 Å². The number of nitrogens with one attached hydrogen (secondary N) is 1. The predicted molar refractivity (Wildman–Crippen MR) is 54.4 cm³/mol. The number of fused-ring (bicyclic) bond motifs is 1. The molecule has 1 aromatic carbocycles. The van der Waals surface area contributed by atoms with Gasteiger partial charge in [0.15, 0.2) is 6.73 Å². The summed E-state index contributed by atoms with van der Waals surface area (Å²) in [7, 11) is 1.36. The van der Waals surface area contributed by atoms with Gasteiger partial charge in [0, 0.05) is 0 Å². The molecule has 1 aromatic rings. The number of carbonyl (C=O) groups excluding carboxylic acids is 1. The third-order valence-corrected chi connectivity index (χ3v) is 2.15. The lowest BCUT2D eigenvalue weighted by atomic mass is 10.3. The summed E-state index contributed by atoms with van der Waals surface area (Å²) < 4.78 is 9.92. The van der Waals surface area contributed by atoms with Crippen LogP contribution in [-0.4, -0.2) is 26.4 Å². The van der Waals surface area contributed by atoms with E-state index in [9.17, 15) is 4.79 Å². The Bertz CT molecular complexity index is 367. The molecule has 0 fully saturated rings. The number of hydrogen-bond acceptors (Lipinski definition) is 5. The highest BCUT2D eigenvalue weighted by Gasteiger charge is 2.19.